The molecule has 0 fully saturated rings. The van der Waals surface area contributed by atoms with Crippen molar-refractivity contribution >= 4 is 64.4 Å². The zero-order valence-corrected chi connectivity index (χ0v) is 19.6. The highest BCUT2D eigenvalue weighted by molar-refractivity contribution is 7.86. The van der Waals surface area contributed by atoms with Crippen LogP contribution in [0.5, 0.6) is 0 Å². The largest absolute Gasteiger partial charge is 0.295 e. The first kappa shape index (κ1) is 24.6. The van der Waals surface area contributed by atoms with Crippen molar-refractivity contribution in [1.29, 1.82) is 0 Å². The van der Waals surface area contributed by atoms with Crippen molar-refractivity contribution in [2.24, 2.45) is 5.10 Å². The van der Waals surface area contributed by atoms with Crippen LogP contribution in [0, 0.1) is 0 Å². The molecular weight excluding hydrogens is 524 g/mol. The van der Waals surface area contributed by atoms with E-state index in [1.54, 1.807) is 6.07 Å². The number of hydrogen-bond acceptors (Lipinski definition) is 9. The van der Waals surface area contributed by atoms with E-state index in [1.165, 1.54) is 24.3 Å². The number of fused-ring (bicyclic) bond motifs is 2. The Morgan fingerprint density at radius 1 is 0.714 bits per heavy atom. The summed E-state index contributed by atoms with van der Waals surface area (Å²) >= 11 is 0. The number of carbonyl (C=O) groups is 1. The van der Waals surface area contributed by atoms with E-state index in [4.69, 9.17) is 0 Å². The van der Waals surface area contributed by atoms with Gasteiger partial charge in [0, 0.05) is 16.3 Å². The van der Waals surface area contributed by atoms with Gasteiger partial charge < -0.3 is 0 Å². The third-order valence-corrected chi connectivity index (χ3v) is 7.64. The molecule has 0 unspecified atom stereocenters. The molecule has 3 aromatic carbocycles. The predicted molar refractivity (Wildman–Crippen MR) is 124 cm³/mol. The van der Waals surface area contributed by atoms with Gasteiger partial charge in [-0.25, -0.2) is 0 Å². The molecule has 3 aromatic rings. The Hall–Kier alpha value is -3.47. The van der Waals surface area contributed by atoms with Crippen LogP contribution in [-0.2, 0) is 35.1 Å². The van der Waals surface area contributed by atoms with Crippen molar-refractivity contribution in [3.63, 3.8) is 0 Å². The lowest BCUT2D eigenvalue weighted by Crippen LogP contribution is -2.23. The molecule has 0 atom stereocenters. The number of anilines is 1. The zero-order valence-electron chi connectivity index (χ0n) is 17.1. The normalized spacial score (nSPS) is 15.4. The lowest BCUT2D eigenvalue weighted by molar-refractivity contribution is -0.108. The number of benzene rings is 3. The Morgan fingerprint density at radius 3 is 1.94 bits per heavy atom. The highest BCUT2D eigenvalue weighted by Crippen LogP contribution is 2.32. The molecule has 35 heavy (non-hydrogen) atoms. The molecule has 0 aromatic heterocycles. The first-order valence-electron chi connectivity index (χ1n) is 9.36. The van der Waals surface area contributed by atoms with E-state index < -0.39 is 57.2 Å². The molecule has 0 spiro atoms. The molecule has 4 rings (SSSR count). The van der Waals surface area contributed by atoms with Crippen molar-refractivity contribution in [3.8, 4) is 0 Å². The van der Waals surface area contributed by atoms with Crippen LogP contribution in [-0.4, -0.2) is 50.4 Å². The Labute approximate surface area is 198 Å². The number of nitrogens with one attached hydrogen (secondary N) is 1. The van der Waals surface area contributed by atoms with Gasteiger partial charge in [-0.15, -0.1) is 0 Å². The maximum atomic E-state index is 12.6. The Kier molecular flexibility index (Phi) is 5.87. The zero-order chi connectivity index (χ0) is 25.8. The molecule has 0 saturated carbocycles. The lowest BCUT2D eigenvalue weighted by atomic mass is 9.94. The van der Waals surface area contributed by atoms with Gasteiger partial charge in [-0.2, -0.15) is 30.4 Å². The summed E-state index contributed by atoms with van der Waals surface area (Å²) in [4.78, 5) is 10.4. The fourth-order valence-electron chi connectivity index (χ4n) is 3.54. The van der Waals surface area contributed by atoms with Crippen LogP contribution in [0.15, 0.2) is 74.4 Å². The van der Waals surface area contributed by atoms with Gasteiger partial charge in [-0.3, -0.25) is 23.9 Å². The fraction of sp³-hybridized carbons (Fsp3) is 0. The van der Waals surface area contributed by atoms with Crippen LogP contribution in [0.1, 0.15) is 11.1 Å². The van der Waals surface area contributed by atoms with Crippen LogP contribution in [0.4, 0.5) is 5.69 Å². The van der Waals surface area contributed by atoms with Crippen molar-refractivity contribution in [2.75, 3.05) is 5.43 Å². The smallest absolute Gasteiger partial charge is 0.287 e. The van der Waals surface area contributed by atoms with Gasteiger partial charge in [-0.1, -0.05) is 30.3 Å². The topological polar surface area (TPSA) is 205 Å². The summed E-state index contributed by atoms with van der Waals surface area (Å²) in [6, 6.07) is 9.77. The van der Waals surface area contributed by atoms with E-state index in [2.05, 4.69) is 10.5 Å². The number of allylic oxidation sites excluding steroid dienone is 1. The number of nitrogens with zero attached hydrogens (tertiary/aromatic N) is 1. The van der Waals surface area contributed by atoms with Gasteiger partial charge in [0.05, 0.1) is 10.6 Å². The van der Waals surface area contributed by atoms with E-state index in [0.29, 0.717) is 6.07 Å². The van der Waals surface area contributed by atoms with Crippen LogP contribution in [0.3, 0.4) is 0 Å². The maximum absolute atomic E-state index is 12.6. The van der Waals surface area contributed by atoms with Crippen LogP contribution < -0.4 is 5.43 Å². The van der Waals surface area contributed by atoms with Gasteiger partial charge in [0.1, 0.15) is 15.5 Å². The fourth-order valence-corrected chi connectivity index (χ4v) is 5.60. The molecule has 1 aliphatic rings. The minimum absolute atomic E-state index is 0.131. The van der Waals surface area contributed by atoms with E-state index >= 15 is 0 Å². The number of hydrogen-bond donors (Lipinski definition) is 4. The van der Waals surface area contributed by atoms with Gasteiger partial charge in [-0.05, 0) is 35.9 Å². The molecular formula is C20H14N2O10S3. The summed E-state index contributed by atoms with van der Waals surface area (Å²) in [5.41, 5.74) is 1.65. The summed E-state index contributed by atoms with van der Waals surface area (Å²) in [6.07, 6.45) is 2.07. The molecule has 0 heterocycles. The van der Waals surface area contributed by atoms with Crippen LogP contribution >= 0.6 is 0 Å². The van der Waals surface area contributed by atoms with Crippen molar-refractivity contribution in [3.05, 3.63) is 65.7 Å². The summed E-state index contributed by atoms with van der Waals surface area (Å²) in [6.45, 7) is 0. The van der Waals surface area contributed by atoms with E-state index in [9.17, 15) is 43.7 Å². The molecule has 182 valence electrons. The van der Waals surface area contributed by atoms with Crippen LogP contribution in [0.25, 0.3) is 16.8 Å². The molecule has 4 N–H and O–H groups in total. The highest BCUT2D eigenvalue weighted by Gasteiger charge is 2.30. The number of carbonyl (C=O) groups excluding carboxylic acids is 1. The second kappa shape index (κ2) is 8.33. The molecule has 0 bridgehead atoms. The molecule has 0 amide bonds. The minimum atomic E-state index is -5.09. The Balaban J connectivity index is 1.92. The molecule has 0 aliphatic heterocycles. The third kappa shape index (κ3) is 4.72. The summed E-state index contributed by atoms with van der Waals surface area (Å²) in [7, 11) is -14.5. The molecule has 0 radical (unpaired) electrons. The Morgan fingerprint density at radius 2 is 1.34 bits per heavy atom. The number of ketones is 1. The monoisotopic (exact) mass is 538 g/mol. The average Bonchev–Trinajstić information content (AvgIpc) is 2.75. The van der Waals surface area contributed by atoms with Crippen LogP contribution in [0.2, 0.25) is 0 Å². The summed E-state index contributed by atoms with van der Waals surface area (Å²) in [5.74, 6) is -0.798. The number of hydrazone groups is 1. The molecule has 12 nitrogen and oxygen atoms in total. The van der Waals surface area contributed by atoms with E-state index in [-0.39, 0.29) is 26.9 Å². The first-order chi connectivity index (χ1) is 16.2. The number of rotatable bonds is 5. The predicted octanol–water partition coefficient (Wildman–Crippen LogP) is 1.99. The van der Waals surface area contributed by atoms with Gasteiger partial charge in [0.2, 0.25) is 5.78 Å². The van der Waals surface area contributed by atoms with Crippen molar-refractivity contribution in [2.45, 2.75) is 14.7 Å². The van der Waals surface area contributed by atoms with Gasteiger partial charge in [0.25, 0.3) is 30.4 Å². The van der Waals surface area contributed by atoms with Crippen molar-refractivity contribution < 1.29 is 43.7 Å². The highest BCUT2D eigenvalue weighted by atomic mass is 32.2. The molecule has 15 heteroatoms. The molecule has 1 aliphatic carbocycles. The molecule has 0 saturated heterocycles. The van der Waals surface area contributed by atoms with E-state index in [1.807, 2.05) is 0 Å². The second-order valence-corrected chi connectivity index (χ2v) is 11.4. The third-order valence-electron chi connectivity index (χ3n) is 5.02. The van der Waals surface area contributed by atoms with E-state index in [0.717, 1.165) is 24.3 Å². The van der Waals surface area contributed by atoms with Gasteiger partial charge in [0.15, 0.2) is 0 Å². The standard InChI is InChI=1S/C20H14N2O10S3/c23-16-7-5-11-9-12(33(24,25)26)10-18(35(30,31)32)19(11)20(16)22-21-15-6-8-17(34(27,28)29)14-4-2-1-3-13(14)15/h1-10,21H,(H,24,25,26)(H,27,28,29)(H,30,31,32). The summed E-state index contributed by atoms with van der Waals surface area (Å²) < 4.78 is 99.0. The minimum Gasteiger partial charge on any atom is -0.287 e. The SMILES string of the molecule is O=C1C=Cc2cc(S(=O)(=O)O)cc(S(=O)(=O)O)c2C1=NNc1ccc(S(=O)(=O)O)c2ccccc12. The quantitative estimate of drug-likeness (QED) is 0.273. The maximum Gasteiger partial charge on any atom is 0.295 e. The second-order valence-electron chi connectivity index (χ2n) is 7.24. The first-order valence-corrected chi connectivity index (χ1v) is 13.7. The summed E-state index contributed by atoms with van der Waals surface area (Å²) in [5, 5.41) is 4.36. The average molecular weight is 539 g/mol. The lowest BCUT2D eigenvalue weighted by Gasteiger charge is -2.17. The van der Waals surface area contributed by atoms with Crippen molar-refractivity contribution in [1.82, 2.24) is 0 Å². The Bertz CT molecular complexity index is 1810. The van der Waals surface area contributed by atoms with Gasteiger partial charge >= 0.3 is 0 Å².